The third kappa shape index (κ3) is 2.66. The number of carbonyl (C=O) groups is 1. The van der Waals surface area contributed by atoms with Gasteiger partial charge in [-0.15, -0.1) is 0 Å². The van der Waals surface area contributed by atoms with Crippen LogP contribution in [0.15, 0.2) is 42.5 Å². The number of amides is 1. The molecular formula is C14H12FNO2. The maximum atomic E-state index is 13.0. The Kier molecular flexibility index (Phi) is 3.28. The van der Waals surface area contributed by atoms with Crippen LogP contribution < -0.4 is 5.32 Å². The highest BCUT2D eigenvalue weighted by atomic mass is 19.1. The summed E-state index contributed by atoms with van der Waals surface area (Å²) in [5, 5.41) is 11.9. The van der Waals surface area contributed by atoms with Crippen LogP contribution in [0.3, 0.4) is 0 Å². The van der Waals surface area contributed by atoms with E-state index in [1.165, 1.54) is 36.4 Å². The SMILES string of the molecule is Cc1cc(O)ccc1C(=O)Nc1cccc(F)c1. The average Bonchev–Trinajstić information content (AvgIpc) is 2.28. The lowest BCUT2D eigenvalue weighted by Crippen LogP contribution is -2.13. The number of rotatable bonds is 2. The van der Waals surface area contributed by atoms with Crippen molar-refractivity contribution >= 4 is 11.6 Å². The fraction of sp³-hybridized carbons (Fsp3) is 0.0714. The quantitative estimate of drug-likeness (QED) is 0.854. The summed E-state index contributed by atoms with van der Waals surface area (Å²) in [5.74, 6) is -0.636. The molecule has 0 spiro atoms. The van der Waals surface area contributed by atoms with E-state index in [0.29, 0.717) is 16.8 Å². The number of anilines is 1. The van der Waals surface area contributed by atoms with Crippen molar-refractivity contribution in [3.05, 3.63) is 59.4 Å². The molecule has 0 aliphatic heterocycles. The molecule has 3 nitrogen and oxygen atoms in total. The van der Waals surface area contributed by atoms with E-state index in [9.17, 15) is 14.3 Å². The predicted molar refractivity (Wildman–Crippen MR) is 67.2 cm³/mol. The van der Waals surface area contributed by atoms with Crippen LogP contribution in [0.4, 0.5) is 10.1 Å². The number of aromatic hydroxyl groups is 1. The zero-order chi connectivity index (χ0) is 13.1. The van der Waals surface area contributed by atoms with Gasteiger partial charge in [0.1, 0.15) is 11.6 Å². The van der Waals surface area contributed by atoms with Crippen LogP contribution in [0.2, 0.25) is 0 Å². The maximum absolute atomic E-state index is 13.0. The van der Waals surface area contributed by atoms with Crippen LogP contribution in [-0.4, -0.2) is 11.0 Å². The molecule has 92 valence electrons. The second-order valence-electron chi connectivity index (χ2n) is 3.96. The molecule has 2 rings (SSSR count). The minimum Gasteiger partial charge on any atom is -0.508 e. The molecule has 4 heteroatoms. The van der Waals surface area contributed by atoms with E-state index in [1.54, 1.807) is 13.0 Å². The molecule has 2 aromatic rings. The number of hydrogen-bond acceptors (Lipinski definition) is 2. The van der Waals surface area contributed by atoms with Crippen molar-refractivity contribution < 1.29 is 14.3 Å². The number of benzene rings is 2. The molecule has 0 saturated carbocycles. The summed E-state index contributed by atoms with van der Waals surface area (Å²) in [7, 11) is 0. The Hall–Kier alpha value is -2.36. The lowest BCUT2D eigenvalue weighted by molar-refractivity contribution is 0.102. The molecule has 18 heavy (non-hydrogen) atoms. The molecular weight excluding hydrogens is 233 g/mol. The molecule has 0 aliphatic carbocycles. The summed E-state index contributed by atoms with van der Waals surface area (Å²) in [6.45, 7) is 1.72. The predicted octanol–water partition coefficient (Wildman–Crippen LogP) is 3.09. The maximum Gasteiger partial charge on any atom is 0.255 e. The van der Waals surface area contributed by atoms with E-state index in [4.69, 9.17) is 0 Å². The highest BCUT2D eigenvalue weighted by Gasteiger charge is 2.09. The molecule has 0 bridgehead atoms. The Labute approximate surface area is 104 Å². The molecule has 0 heterocycles. The van der Waals surface area contributed by atoms with Gasteiger partial charge in [-0.05, 0) is 48.9 Å². The van der Waals surface area contributed by atoms with E-state index in [-0.39, 0.29) is 11.7 Å². The molecule has 0 radical (unpaired) electrons. The van der Waals surface area contributed by atoms with E-state index in [0.717, 1.165) is 0 Å². The van der Waals surface area contributed by atoms with Crippen molar-refractivity contribution in [3.8, 4) is 5.75 Å². The molecule has 0 fully saturated rings. The monoisotopic (exact) mass is 245 g/mol. The molecule has 0 atom stereocenters. The van der Waals surface area contributed by atoms with E-state index >= 15 is 0 Å². The standard InChI is InChI=1S/C14H12FNO2/c1-9-7-12(17)5-6-13(9)14(18)16-11-4-2-3-10(15)8-11/h2-8,17H,1H3,(H,16,18). The van der Waals surface area contributed by atoms with Gasteiger partial charge in [0.05, 0.1) is 0 Å². The molecule has 2 N–H and O–H groups in total. The van der Waals surface area contributed by atoms with Crippen molar-refractivity contribution in [2.45, 2.75) is 6.92 Å². The van der Waals surface area contributed by atoms with Gasteiger partial charge in [-0.25, -0.2) is 4.39 Å². The topological polar surface area (TPSA) is 49.3 Å². The van der Waals surface area contributed by atoms with Gasteiger partial charge in [0.2, 0.25) is 0 Å². The lowest BCUT2D eigenvalue weighted by atomic mass is 10.1. The first-order chi connectivity index (χ1) is 8.56. The van der Waals surface area contributed by atoms with Crippen molar-refractivity contribution in [2.24, 2.45) is 0 Å². The van der Waals surface area contributed by atoms with E-state index in [2.05, 4.69) is 5.32 Å². The molecule has 0 aliphatic rings. The number of nitrogens with one attached hydrogen (secondary N) is 1. The van der Waals surface area contributed by atoms with Gasteiger partial charge < -0.3 is 10.4 Å². The lowest BCUT2D eigenvalue weighted by Gasteiger charge is -2.08. The zero-order valence-corrected chi connectivity index (χ0v) is 9.77. The van der Waals surface area contributed by atoms with Gasteiger partial charge >= 0.3 is 0 Å². The highest BCUT2D eigenvalue weighted by molar-refractivity contribution is 6.05. The largest absolute Gasteiger partial charge is 0.508 e. The fourth-order valence-electron chi connectivity index (χ4n) is 1.67. The van der Waals surface area contributed by atoms with Gasteiger partial charge in [-0.3, -0.25) is 4.79 Å². The fourth-order valence-corrected chi connectivity index (χ4v) is 1.67. The van der Waals surface area contributed by atoms with Crippen molar-refractivity contribution in [1.82, 2.24) is 0 Å². The third-order valence-electron chi connectivity index (χ3n) is 2.54. The summed E-state index contributed by atoms with van der Waals surface area (Å²) in [5.41, 5.74) is 1.49. The Morgan fingerprint density at radius 2 is 2.00 bits per heavy atom. The molecule has 0 unspecified atom stereocenters. The second-order valence-corrected chi connectivity index (χ2v) is 3.96. The summed E-state index contributed by atoms with van der Waals surface area (Å²) in [4.78, 5) is 11.9. The number of carbonyl (C=O) groups excluding carboxylic acids is 1. The Morgan fingerprint density at radius 1 is 1.22 bits per heavy atom. The smallest absolute Gasteiger partial charge is 0.255 e. The molecule has 0 aromatic heterocycles. The van der Waals surface area contributed by atoms with Crippen LogP contribution in [0.25, 0.3) is 0 Å². The van der Waals surface area contributed by atoms with Gasteiger partial charge in [-0.2, -0.15) is 0 Å². The third-order valence-corrected chi connectivity index (χ3v) is 2.54. The summed E-state index contributed by atoms with van der Waals surface area (Å²) in [6.07, 6.45) is 0. The Morgan fingerprint density at radius 3 is 2.67 bits per heavy atom. The number of phenolic OH excluding ortho intramolecular Hbond substituents is 1. The number of halogens is 1. The van der Waals surface area contributed by atoms with Gasteiger partial charge in [0, 0.05) is 11.3 Å². The van der Waals surface area contributed by atoms with E-state index < -0.39 is 5.82 Å². The Bertz CT molecular complexity index is 596. The molecule has 1 amide bonds. The second kappa shape index (κ2) is 4.87. The van der Waals surface area contributed by atoms with Crippen molar-refractivity contribution in [2.75, 3.05) is 5.32 Å². The zero-order valence-electron chi connectivity index (χ0n) is 9.77. The van der Waals surface area contributed by atoms with Gasteiger partial charge in [0.15, 0.2) is 0 Å². The first kappa shape index (κ1) is 12.1. The van der Waals surface area contributed by atoms with E-state index in [1.807, 2.05) is 0 Å². The minimum absolute atomic E-state index is 0.106. The highest BCUT2D eigenvalue weighted by Crippen LogP contribution is 2.17. The average molecular weight is 245 g/mol. The summed E-state index contributed by atoms with van der Waals surface area (Å²) >= 11 is 0. The van der Waals surface area contributed by atoms with Crippen LogP contribution >= 0.6 is 0 Å². The van der Waals surface area contributed by atoms with Crippen LogP contribution in [0, 0.1) is 12.7 Å². The summed E-state index contributed by atoms with van der Waals surface area (Å²) < 4.78 is 13.0. The normalized spacial score (nSPS) is 10.1. The first-order valence-corrected chi connectivity index (χ1v) is 5.43. The van der Waals surface area contributed by atoms with Gasteiger partial charge in [0.25, 0.3) is 5.91 Å². The van der Waals surface area contributed by atoms with Crippen LogP contribution in [0.5, 0.6) is 5.75 Å². The molecule has 2 aromatic carbocycles. The van der Waals surface area contributed by atoms with Crippen molar-refractivity contribution in [1.29, 1.82) is 0 Å². The van der Waals surface area contributed by atoms with Crippen LogP contribution in [0.1, 0.15) is 15.9 Å². The number of aryl methyl sites for hydroxylation is 1. The minimum atomic E-state index is -0.407. The molecule has 0 saturated heterocycles. The van der Waals surface area contributed by atoms with Crippen LogP contribution in [-0.2, 0) is 0 Å². The Balaban J connectivity index is 2.22. The number of phenols is 1. The number of hydrogen-bond donors (Lipinski definition) is 2. The van der Waals surface area contributed by atoms with Gasteiger partial charge in [-0.1, -0.05) is 6.07 Å². The summed E-state index contributed by atoms with van der Waals surface area (Å²) in [6, 6.07) is 10.1. The van der Waals surface area contributed by atoms with Crippen molar-refractivity contribution in [3.63, 3.8) is 0 Å². The first-order valence-electron chi connectivity index (χ1n) is 5.43.